The van der Waals surface area contributed by atoms with Crippen molar-refractivity contribution in [2.24, 2.45) is 11.7 Å². The zero-order valence-corrected chi connectivity index (χ0v) is 10.1. The molecule has 1 amide bonds. The molecular weight excluding hydrogens is 216 g/mol. The summed E-state index contributed by atoms with van der Waals surface area (Å²) in [5.74, 6) is 0.391. The first-order valence-corrected chi connectivity index (χ1v) is 5.98. The Labute approximate surface area is 101 Å². The van der Waals surface area contributed by atoms with Crippen LogP contribution in [0.2, 0.25) is 0 Å². The van der Waals surface area contributed by atoms with E-state index in [4.69, 9.17) is 5.73 Å². The molecule has 2 heterocycles. The van der Waals surface area contributed by atoms with Gasteiger partial charge in [0.25, 0.3) is 5.91 Å². The van der Waals surface area contributed by atoms with Crippen LogP contribution in [-0.2, 0) is 0 Å². The van der Waals surface area contributed by atoms with Crippen molar-refractivity contribution in [3.05, 3.63) is 23.8 Å². The SMILES string of the molecule is Cc1cnc(C(=O)N2CCCC(CN)C2)cn1. The molecule has 2 rings (SSSR count). The number of amides is 1. The minimum Gasteiger partial charge on any atom is -0.337 e. The summed E-state index contributed by atoms with van der Waals surface area (Å²) in [4.78, 5) is 22.2. The van der Waals surface area contributed by atoms with Crippen LogP contribution >= 0.6 is 0 Å². The van der Waals surface area contributed by atoms with E-state index in [-0.39, 0.29) is 5.91 Å². The fourth-order valence-corrected chi connectivity index (χ4v) is 2.11. The smallest absolute Gasteiger partial charge is 0.274 e. The summed E-state index contributed by atoms with van der Waals surface area (Å²) in [5.41, 5.74) is 6.90. The number of hydrogen-bond donors (Lipinski definition) is 1. The lowest BCUT2D eigenvalue weighted by atomic mass is 9.98. The van der Waals surface area contributed by atoms with Crippen molar-refractivity contribution in [2.75, 3.05) is 19.6 Å². The quantitative estimate of drug-likeness (QED) is 0.813. The maximum Gasteiger partial charge on any atom is 0.274 e. The van der Waals surface area contributed by atoms with Crippen LogP contribution in [0.1, 0.15) is 29.0 Å². The number of aryl methyl sites for hydroxylation is 1. The van der Waals surface area contributed by atoms with Gasteiger partial charge in [-0.25, -0.2) is 4.98 Å². The Hall–Kier alpha value is -1.49. The van der Waals surface area contributed by atoms with Crippen LogP contribution < -0.4 is 5.73 Å². The van der Waals surface area contributed by atoms with Gasteiger partial charge in [0, 0.05) is 19.3 Å². The van der Waals surface area contributed by atoms with Gasteiger partial charge in [0.2, 0.25) is 0 Å². The highest BCUT2D eigenvalue weighted by Gasteiger charge is 2.24. The zero-order valence-electron chi connectivity index (χ0n) is 10.1. The number of likely N-dealkylation sites (tertiary alicyclic amines) is 1. The number of aromatic nitrogens is 2. The molecule has 5 nitrogen and oxygen atoms in total. The Kier molecular flexibility index (Phi) is 3.68. The van der Waals surface area contributed by atoms with Crippen LogP contribution in [0, 0.1) is 12.8 Å². The number of hydrogen-bond acceptors (Lipinski definition) is 4. The molecule has 0 spiro atoms. The second-order valence-corrected chi connectivity index (χ2v) is 4.54. The fourth-order valence-electron chi connectivity index (χ4n) is 2.11. The average Bonchev–Trinajstić information content (AvgIpc) is 2.39. The lowest BCUT2D eigenvalue weighted by Crippen LogP contribution is -2.42. The predicted octanol–water partition coefficient (Wildman–Crippen LogP) is 0.596. The predicted molar refractivity (Wildman–Crippen MR) is 64.5 cm³/mol. The molecule has 92 valence electrons. The van der Waals surface area contributed by atoms with Crippen LogP contribution in [-0.4, -0.2) is 40.4 Å². The van der Waals surface area contributed by atoms with Gasteiger partial charge in [0.15, 0.2) is 0 Å². The molecule has 17 heavy (non-hydrogen) atoms. The highest BCUT2D eigenvalue weighted by atomic mass is 16.2. The third-order valence-electron chi connectivity index (χ3n) is 3.14. The number of carbonyl (C=O) groups is 1. The molecule has 1 fully saturated rings. The second-order valence-electron chi connectivity index (χ2n) is 4.54. The molecule has 1 aliphatic heterocycles. The van der Waals surface area contributed by atoms with Gasteiger partial charge in [-0.05, 0) is 32.2 Å². The molecule has 0 aromatic carbocycles. The number of piperidine rings is 1. The molecule has 5 heteroatoms. The minimum atomic E-state index is -0.0318. The Bertz CT molecular complexity index is 390. The maximum atomic E-state index is 12.2. The molecule has 1 saturated heterocycles. The first-order valence-electron chi connectivity index (χ1n) is 5.98. The average molecular weight is 234 g/mol. The molecular formula is C12H18N4O. The summed E-state index contributed by atoms with van der Waals surface area (Å²) < 4.78 is 0. The number of nitrogens with zero attached hydrogens (tertiary/aromatic N) is 3. The lowest BCUT2D eigenvalue weighted by molar-refractivity contribution is 0.0671. The molecule has 0 radical (unpaired) electrons. The molecule has 1 aromatic rings. The van der Waals surface area contributed by atoms with E-state index in [0.717, 1.165) is 31.6 Å². The Balaban J connectivity index is 2.06. The van der Waals surface area contributed by atoms with Crippen molar-refractivity contribution >= 4 is 5.91 Å². The van der Waals surface area contributed by atoms with Gasteiger partial charge >= 0.3 is 0 Å². The highest BCUT2D eigenvalue weighted by molar-refractivity contribution is 5.92. The third-order valence-corrected chi connectivity index (χ3v) is 3.14. The monoisotopic (exact) mass is 234 g/mol. The highest BCUT2D eigenvalue weighted by Crippen LogP contribution is 2.16. The molecule has 1 aliphatic rings. The lowest BCUT2D eigenvalue weighted by Gasteiger charge is -2.31. The molecule has 0 saturated carbocycles. The van der Waals surface area contributed by atoms with Crippen molar-refractivity contribution in [1.82, 2.24) is 14.9 Å². The van der Waals surface area contributed by atoms with E-state index in [9.17, 15) is 4.79 Å². The van der Waals surface area contributed by atoms with Crippen molar-refractivity contribution in [2.45, 2.75) is 19.8 Å². The second kappa shape index (κ2) is 5.23. The van der Waals surface area contributed by atoms with Crippen molar-refractivity contribution in [3.8, 4) is 0 Å². The molecule has 1 unspecified atom stereocenters. The van der Waals surface area contributed by atoms with Crippen LogP contribution in [0.15, 0.2) is 12.4 Å². The van der Waals surface area contributed by atoms with Gasteiger partial charge in [0.1, 0.15) is 5.69 Å². The van der Waals surface area contributed by atoms with Gasteiger partial charge in [0.05, 0.1) is 11.9 Å². The molecule has 0 bridgehead atoms. The van der Waals surface area contributed by atoms with Gasteiger partial charge in [-0.15, -0.1) is 0 Å². The summed E-state index contributed by atoms with van der Waals surface area (Å²) in [6.07, 6.45) is 5.30. The summed E-state index contributed by atoms with van der Waals surface area (Å²) in [6, 6.07) is 0. The van der Waals surface area contributed by atoms with Gasteiger partial charge in [-0.1, -0.05) is 0 Å². The van der Waals surface area contributed by atoms with E-state index in [2.05, 4.69) is 9.97 Å². The number of rotatable bonds is 2. The van der Waals surface area contributed by atoms with Crippen molar-refractivity contribution < 1.29 is 4.79 Å². The Morgan fingerprint density at radius 2 is 2.35 bits per heavy atom. The summed E-state index contributed by atoms with van der Waals surface area (Å²) in [6.45, 7) is 4.03. The van der Waals surface area contributed by atoms with Crippen molar-refractivity contribution in [3.63, 3.8) is 0 Å². The Morgan fingerprint density at radius 3 is 3.00 bits per heavy atom. The van der Waals surface area contributed by atoms with E-state index in [1.54, 1.807) is 12.4 Å². The van der Waals surface area contributed by atoms with E-state index in [1.165, 1.54) is 0 Å². The standard InChI is InChI=1S/C12H18N4O/c1-9-6-15-11(7-14-9)12(17)16-4-2-3-10(5-13)8-16/h6-7,10H,2-5,8,13H2,1H3. The van der Waals surface area contributed by atoms with Crippen LogP contribution in [0.5, 0.6) is 0 Å². The first-order chi connectivity index (χ1) is 8.20. The van der Waals surface area contributed by atoms with Crippen molar-refractivity contribution in [1.29, 1.82) is 0 Å². The topological polar surface area (TPSA) is 72.1 Å². The van der Waals surface area contributed by atoms with Gasteiger partial charge in [-0.3, -0.25) is 9.78 Å². The van der Waals surface area contributed by atoms with Crippen LogP contribution in [0.4, 0.5) is 0 Å². The Morgan fingerprint density at radius 1 is 1.53 bits per heavy atom. The largest absolute Gasteiger partial charge is 0.337 e. The van der Waals surface area contributed by atoms with E-state index < -0.39 is 0 Å². The van der Waals surface area contributed by atoms with E-state index in [0.29, 0.717) is 18.2 Å². The van der Waals surface area contributed by atoms with Gasteiger partial charge in [-0.2, -0.15) is 0 Å². The number of nitrogens with two attached hydrogens (primary N) is 1. The molecule has 2 N–H and O–H groups in total. The van der Waals surface area contributed by atoms with E-state index >= 15 is 0 Å². The molecule has 1 aromatic heterocycles. The summed E-state index contributed by atoms with van der Waals surface area (Å²) >= 11 is 0. The number of carbonyl (C=O) groups excluding carboxylic acids is 1. The van der Waals surface area contributed by atoms with Gasteiger partial charge < -0.3 is 10.6 Å². The summed E-state index contributed by atoms with van der Waals surface area (Å²) in [7, 11) is 0. The van der Waals surface area contributed by atoms with E-state index in [1.807, 2.05) is 11.8 Å². The first kappa shape index (κ1) is 12.0. The fraction of sp³-hybridized carbons (Fsp3) is 0.583. The normalized spacial score (nSPS) is 20.4. The third kappa shape index (κ3) is 2.79. The molecule has 1 atom stereocenters. The minimum absolute atomic E-state index is 0.0318. The zero-order chi connectivity index (χ0) is 12.3. The molecule has 0 aliphatic carbocycles. The van der Waals surface area contributed by atoms with Crippen LogP contribution in [0.25, 0.3) is 0 Å². The summed E-state index contributed by atoms with van der Waals surface area (Å²) in [5, 5.41) is 0. The maximum absolute atomic E-state index is 12.2. The van der Waals surface area contributed by atoms with Crippen LogP contribution in [0.3, 0.4) is 0 Å².